The van der Waals surface area contributed by atoms with Crippen molar-refractivity contribution in [2.75, 3.05) is 13.2 Å². The minimum Gasteiger partial charge on any atom is -0.376 e. The molecule has 0 aliphatic carbocycles. The fraction of sp³-hybridized carbons (Fsp3) is 0.571. The van der Waals surface area contributed by atoms with Crippen LogP contribution >= 0.6 is 11.8 Å². The molecule has 1 aromatic carbocycles. The van der Waals surface area contributed by atoms with E-state index in [1.807, 2.05) is 32.0 Å². The van der Waals surface area contributed by atoms with Gasteiger partial charge in [0, 0.05) is 23.5 Å². The first kappa shape index (κ1) is 20.2. The zero-order chi connectivity index (χ0) is 20.8. The summed E-state index contributed by atoms with van der Waals surface area (Å²) in [4.78, 5) is 40.2. The highest BCUT2D eigenvalue weighted by molar-refractivity contribution is 8.01. The summed E-state index contributed by atoms with van der Waals surface area (Å²) in [5, 5.41) is 5.49. The average molecular weight is 418 g/mol. The number of hydrogen-bond donors (Lipinski definition) is 2. The van der Waals surface area contributed by atoms with Gasteiger partial charge in [0.15, 0.2) is 0 Å². The lowest BCUT2D eigenvalue weighted by molar-refractivity contribution is -0.131. The van der Waals surface area contributed by atoms with Gasteiger partial charge >= 0.3 is 0 Å². The number of amides is 3. The lowest BCUT2D eigenvalue weighted by atomic mass is 10.0. The van der Waals surface area contributed by atoms with Crippen LogP contribution in [0.4, 0.5) is 0 Å². The zero-order valence-corrected chi connectivity index (χ0v) is 17.8. The van der Waals surface area contributed by atoms with Gasteiger partial charge in [-0.05, 0) is 45.2 Å². The lowest BCUT2D eigenvalue weighted by Gasteiger charge is -2.30. The maximum Gasteiger partial charge on any atom is 0.256 e. The number of carbonyl (C=O) groups is 3. The minimum atomic E-state index is -0.691. The van der Waals surface area contributed by atoms with Crippen molar-refractivity contribution in [3.8, 4) is 0 Å². The van der Waals surface area contributed by atoms with E-state index >= 15 is 0 Å². The van der Waals surface area contributed by atoms with Crippen LogP contribution in [0.3, 0.4) is 0 Å². The highest BCUT2D eigenvalue weighted by atomic mass is 32.2. The van der Waals surface area contributed by atoms with E-state index in [-0.39, 0.29) is 29.2 Å². The molecule has 0 radical (unpaired) electrons. The van der Waals surface area contributed by atoms with Crippen molar-refractivity contribution >= 4 is 29.5 Å². The summed E-state index contributed by atoms with van der Waals surface area (Å²) in [5.41, 5.74) is 1.61. The van der Waals surface area contributed by atoms with Crippen molar-refractivity contribution < 1.29 is 19.1 Å². The van der Waals surface area contributed by atoms with E-state index in [0.29, 0.717) is 12.1 Å². The van der Waals surface area contributed by atoms with Crippen LogP contribution < -0.4 is 10.6 Å². The molecule has 156 valence electrons. The molecular formula is C21H27N3O4S. The Labute approximate surface area is 174 Å². The number of carbonyl (C=O) groups excluding carboxylic acids is 3. The molecule has 2 N–H and O–H groups in total. The first-order chi connectivity index (χ1) is 13.8. The highest BCUT2D eigenvalue weighted by Gasteiger charge is 2.57. The van der Waals surface area contributed by atoms with E-state index in [4.69, 9.17) is 4.74 Å². The first-order valence-electron chi connectivity index (χ1n) is 10.1. The van der Waals surface area contributed by atoms with Crippen LogP contribution in [-0.4, -0.2) is 58.7 Å². The molecule has 1 aromatic rings. The fourth-order valence-electron chi connectivity index (χ4n) is 4.34. The smallest absolute Gasteiger partial charge is 0.256 e. The Morgan fingerprint density at radius 3 is 2.83 bits per heavy atom. The van der Waals surface area contributed by atoms with Gasteiger partial charge in [-0.15, -0.1) is 11.8 Å². The Balaban J connectivity index is 1.43. The maximum atomic E-state index is 13.2. The maximum absolute atomic E-state index is 13.2. The largest absolute Gasteiger partial charge is 0.376 e. The normalized spacial score (nSPS) is 28.0. The van der Waals surface area contributed by atoms with Gasteiger partial charge in [-0.1, -0.05) is 18.2 Å². The molecule has 0 bridgehead atoms. The third-order valence-electron chi connectivity index (χ3n) is 5.82. The molecule has 3 amide bonds. The van der Waals surface area contributed by atoms with Gasteiger partial charge in [-0.2, -0.15) is 0 Å². The van der Waals surface area contributed by atoms with Crippen molar-refractivity contribution in [3.05, 3.63) is 35.4 Å². The third-order valence-corrected chi connectivity index (χ3v) is 7.36. The Kier molecular flexibility index (Phi) is 5.33. The van der Waals surface area contributed by atoms with Gasteiger partial charge in [-0.3, -0.25) is 14.4 Å². The van der Waals surface area contributed by atoms with Crippen LogP contribution in [0.15, 0.2) is 24.3 Å². The molecule has 4 rings (SSSR count). The van der Waals surface area contributed by atoms with Crippen molar-refractivity contribution in [2.45, 2.75) is 61.9 Å². The molecule has 0 aromatic heterocycles. The Morgan fingerprint density at radius 2 is 2.10 bits per heavy atom. The standard InChI is InChI=1S/C21H27N3O4S/c1-12(17(25)22-11-13-7-6-10-28-13)23-18(26)16-21(2,3)29-20-15-9-5-4-8-14(15)19(27)24(16)20/h4-5,8-9,12-13,16,20H,6-7,10-11H2,1-3H3,(H,22,25)(H,23,26)/t12-,13+,16+,20+/m0/s1. The highest BCUT2D eigenvalue weighted by Crippen LogP contribution is 2.56. The van der Waals surface area contributed by atoms with Crippen molar-refractivity contribution in [2.24, 2.45) is 0 Å². The second-order valence-electron chi connectivity index (χ2n) is 8.39. The van der Waals surface area contributed by atoms with Gasteiger partial charge in [0.25, 0.3) is 5.91 Å². The molecule has 2 fully saturated rings. The van der Waals surface area contributed by atoms with E-state index in [0.717, 1.165) is 25.0 Å². The number of benzene rings is 1. The molecule has 7 nitrogen and oxygen atoms in total. The topological polar surface area (TPSA) is 87.7 Å². The second-order valence-corrected chi connectivity index (χ2v) is 10.1. The van der Waals surface area contributed by atoms with Gasteiger partial charge in [-0.25, -0.2) is 0 Å². The number of fused-ring (bicyclic) bond motifs is 3. The predicted molar refractivity (Wildman–Crippen MR) is 110 cm³/mol. The molecule has 29 heavy (non-hydrogen) atoms. The molecule has 2 saturated heterocycles. The zero-order valence-electron chi connectivity index (χ0n) is 16.9. The quantitative estimate of drug-likeness (QED) is 0.763. The molecule has 8 heteroatoms. The minimum absolute atomic E-state index is 0.0495. The van der Waals surface area contributed by atoms with Crippen LogP contribution in [-0.2, 0) is 14.3 Å². The summed E-state index contributed by atoms with van der Waals surface area (Å²) >= 11 is 1.61. The van der Waals surface area contributed by atoms with Crippen LogP contribution in [0.2, 0.25) is 0 Å². The molecule has 4 atom stereocenters. The monoisotopic (exact) mass is 417 g/mol. The van der Waals surface area contributed by atoms with E-state index < -0.39 is 16.8 Å². The number of nitrogens with one attached hydrogen (secondary N) is 2. The SMILES string of the molecule is C[C@H](NC(=O)[C@H]1N2C(=O)c3ccccc3[C@H]2SC1(C)C)C(=O)NC[C@H]1CCCO1. The third kappa shape index (κ3) is 3.64. The Bertz CT molecular complexity index is 837. The van der Waals surface area contributed by atoms with Crippen LogP contribution in [0.25, 0.3) is 0 Å². The summed E-state index contributed by atoms with van der Waals surface area (Å²) in [5.74, 6) is -0.671. The molecule has 0 unspecified atom stereocenters. The van der Waals surface area contributed by atoms with E-state index in [1.54, 1.807) is 29.7 Å². The summed E-state index contributed by atoms with van der Waals surface area (Å²) < 4.78 is 5.05. The molecule has 3 heterocycles. The Hall–Kier alpha value is -2.06. The number of hydrogen-bond acceptors (Lipinski definition) is 5. The van der Waals surface area contributed by atoms with Crippen molar-refractivity contribution in [1.82, 2.24) is 15.5 Å². The van der Waals surface area contributed by atoms with Gasteiger partial charge in [0.2, 0.25) is 11.8 Å². The van der Waals surface area contributed by atoms with Gasteiger partial charge in [0.05, 0.1) is 6.10 Å². The van der Waals surface area contributed by atoms with E-state index in [1.165, 1.54) is 0 Å². The number of rotatable bonds is 5. The van der Waals surface area contributed by atoms with Crippen LogP contribution in [0.1, 0.15) is 54.9 Å². The molecule has 3 aliphatic heterocycles. The van der Waals surface area contributed by atoms with Crippen LogP contribution in [0.5, 0.6) is 0 Å². The molecule has 0 spiro atoms. The van der Waals surface area contributed by atoms with Gasteiger partial charge < -0.3 is 20.3 Å². The van der Waals surface area contributed by atoms with Crippen molar-refractivity contribution in [3.63, 3.8) is 0 Å². The molecular weight excluding hydrogens is 390 g/mol. The Morgan fingerprint density at radius 1 is 1.34 bits per heavy atom. The van der Waals surface area contributed by atoms with Crippen molar-refractivity contribution in [1.29, 1.82) is 0 Å². The molecule has 0 saturated carbocycles. The fourth-order valence-corrected chi connectivity index (χ4v) is 5.92. The first-order valence-corrected chi connectivity index (χ1v) is 11.0. The van der Waals surface area contributed by atoms with Crippen LogP contribution in [0, 0.1) is 0 Å². The van der Waals surface area contributed by atoms with E-state index in [9.17, 15) is 14.4 Å². The summed E-state index contributed by atoms with van der Waals surface area (Å²) in [6.07, 6.45) is 2.00. The number of ether oxygens (including phenoxy) is 1. The number of nitrogens with zero attached hydrogens (tertiary/aromatic N) is 1. The summed E-state index contributed by atoms with van der Waals surface area (Å²) in [6.45, 7) is 6.78. The van der Waals surface area contributed by atoms with E-state index in [2.05, 4.69) is 10.6 Å². The average Bonchev–Trinajstić information content (AvgIpc) is 3.36. The molecule has 3 aliphatic rings. The predicted octanol–water partition coefficient (Wildman–Crippen LogP) is 1.83. The second kappa shape index (κ2) is 7.65. The number of thioether (sulfide) groups is 1. The lowest BCUT2D eigenvalue weighted by Crippen LogP contribution is -2.56. The summed E-state index contributed by atoms with van der Waals surface area (Å²) in [7, 11) is 0. The summed E-state index contributed by atoms with van der Waals surface area (Å²) in [6, 6.07) is 6.17. The van der Waals surface area contributed by atoms with Gasteiger partial charge in [0.1, 0.15) is 17.5 Å².